The van der Waals surface area contributed by atoms with E-state index in [0.29, 0.717) is 35.2 Å². The monoisotopic (exact) mass is 552 g/mol. The van der Waals surface area contributed by atoms with Crippen LogP contribution in [0.3, 0.4) is 0 Å². The van der Waals surface area contributed by atoms with Crippen LogP contribution in [-0.4, -0.2) is 64.5 Å². The lowest BCUT2D eigenvalue weighted by atomic mass is 10.1. The molecular formula is C24H30BrFN4O3S. The lowest BCUT2D eigenvalue weighted by Crippen LogP contribution is -2.47. The lowest BCUT2D eigenvalue weighted by Gasteiger charge is -2.36. The van der Waals surface area contributed by atoms with Crippen molar-refractivity contribution in [1.29, 1.82) is 0 Å². The molecule has 1 fully saturated rings. The number of carbonyl (C=O) groups excluding carboxylic acids is 1. The van der Waals surface area contributed by atoms with Gasteiger partial charge >= 0.3 is 0 Å². The molecule has 1 saturated heterocycles. The van der Waals surface area contributed by atoms with Crippen molar-refractivity contribution in [2.75, 3.05) is 49.1 Å². The molecule has 0 spiro atoms. The third-order valence-corrected chi connectivity index (χ3v) is 8.39. The van der Waals surface area contributed by atoms with Crippen LogP contribution in [0, 0.1) is 5.82 Å². The third kappa shape index (κ3) is 5.30. The zero-order chi connectivity index (χ0) is 24.5. The summed E-state index contributed by atoms with van der Waals surface area (Å²) in [5, 5.41) is 0. The normalized spacial score (nSPS) is 18.9. The maximum Gasteiger partial charge on any atom is 0.242 e. The second-order valence-electron chi connectivity index (χ2n) is 8.89. The first-order chi connectivity index (χ1) is 16.2. The SMILES string of the molecule is CC(=O)N1c2c(cc(Br)cc2S(=O)(=O)NCCCN2CCN(c3ccccc3F)CC2)CC1C. The maximum absolute atomic E-state index is 14.0. The topological polar surface area (TPSA) is 73.0 Å². The summed E-state index contributed by atoms with van der Waals surface area (Å²) >= 11 is 3.42. The van der Waals surface area contributed by atoms with Crippen LogP contribution in [-0.2, 0) is 21.2 Å². The van der Waals surface area contributed by atoms with Crippen molar-refractivity contribution in [1.82, 2.24) is 9.62 Å². The molecule has 184 valence electrons. The van der Waals surface area contributed by atoms with E-state index in [2.05, 4.69) is 25.6 Å². The van der Waals surface area contributed by atoms with E-state index in [1.54, 1.807) is 23.1 Å². The summed E-state index contributed by atoms with van der Waals surface area (Å²) in [6, 6.07) is 10.2. The van der Waals surface area contributed by atoms with Crippen LogP contribution in [0.25, 0.3) is 0 Å². The highest BCUT2D eigenvalue weighted by atomic mass is 79.9. The first-order valence-electron chi connectivity index (χ1n) is 11.5. The average Bonchev–Trinajstić information content (AvgIpc) is 3.12. The van der Waals surface area contributed by atoms with E-state index < -0.39 is 10.0 Å². The van der Waals surface area contributed by atoms with Gasteiger partial charge in [0, 0.05) is 50.2 Å². The molecule has 0 radical (unpaired) electrons. The summed E-state index contributed by atoms with van der Waals surface area (Å²) in [5.74, 6) is -0.373. The Morgan fingerprint density at radius 3 is 2.56 bits per heavy atom. The Morgan fingerprint density at radius 1 is 1.18 bits per heavy atom. The molecule has 2 heterocycles. The molecule has 0 bridgehead atoms. The summed E-state index contributed by atoms with van der Waals surface area (Å²) in [6.07, 6.45) is 1.28. The maximum atomic E-state index is 14.0. The molecule has 2 aromatic carbocycles. The number of nitrogens with zero attached hydrogens (tertiary/aromatic N) is 3. The van der Waals surface area contributed by atoms with Crippen molar-refractivity contribution < 1.29 is 17.6 Å². The van der Waals surface area contributed by atoms with E-state index in [-0.39, 0.29) is 22.7 Å². The van der Waals surface area contributed by atoms with E-state index in [1.807, 2.05) is 24.0 Å². The zero-order valence-electron chi connectivity index (χ0n) is 19.4. The fraction of sp³-hybridized carbons (Fsp3) is 0.458. The van der Waals surface area contributed by atoms with Gasteiger partial charge in [-0.3, -0.25) is 9.69 Å². The van der Waals surface area contributed by atoms with Crippen molar-refractivity contribution in [3.63, 3.8) is 0 Å². The summed E-state index contributed by atoms with van der Waals surface area (Å²) < 4.78 is 43.8. The minimum Gasteiger partial charge on any atom is -0.367 e. The second kappa shape index (κ2) is 10.3. The van der Waals surface area contributed by atoms with Gasteiger partial charge in [-0.2, -0.15) is 0 Å². The highest BCUT2D eigenvalue weighted by Crippen LogP contribution is 2.40. The molecule has 2 aliphatic heterocycles. The Bertz CT molecular complexity index is 1170. The van der Waals surface area contributed by atoms with Crippen LogP contribution in [0.4, 0.5) is 15.8 Å². The van der Waals surface area contributed by atoms with E-state index >= 15 is 0 Å². The zero-order valence-corrected chi connectivity index (χ0v) is 21.8. The predicted octanol–water partition coefficient (Wildman–Crippen LogP) is 3.38. The highest BCUT2D eigenvalue weighted by molar-refractivity contribution is 9.10. The molecule has 1 N–H and O–H groups in total. The summed E-state index contributed by atoms with van der Waals surface area (Å²) in [7, 11) is -3.79. The number of anilines is 2. The fourth-order valence-electron chi connectivity index (χ4n) is 4.87. The number of nitrogens with one attached hydrogen (secondary N) is 1. The number of hydrogen-bond acceptors (Lipinski definition) is 5. The van der Waals surface area contributed by atoms with Gasteiger partial charge in [-0.15, -0.1) is 0 Å². The molecule has 10 heteroatoms. The van der Waals surface area contributed by atoms with Gasteiger partial charge in [0.25, 0.3) is 0 Å². The number of hydrogen-bond donors (Lipinski definition) is 1. The van der Waals surface area contributed by atoms with Crippen molar-refractivity contribution >= 4 is 43.2 Å². The Morgan fingerprint density at radius 2 is 1.88 bits per heavy atom. The fourth-order valence-corrected chi connectivity index (χ4v) is 6.86. The molecule has 2 aromatic rings. The van der Waals surface area contributed by atoms with Crippen LogP contribution in [0.2, 0.25) is 0 Å². The van der Waals surface area contributed by atoms with E-state index in [1.165, 1.54) is 13.0 Å². The predicted molar refractivity (Wildman–Crippen MR) is 135 cm³/mol. The molecule has 1 unspecified atom stereocenters. The number of amides is 1. The molecule has 0 aliphatic carbocycles. The van der Waals surface area contributed by atoms with Crippen LogP contribution in [0.1, 0.15) is 25.8 Å². The third-order valence-electron chi connectivity index (χ3n) is 6.45. The van der Waals surface area contributed by atoms with E-state index in [4.69, 9.17) is 0 Å². The number of para-hydroxylation sites is 1. The van der Waals surface area contributed by atoms with Gasteiger partial charge in [0.2, 0.25) is 15.9 Å². The standard InChI is InChI=1S/C24H30BrFN4O3S/c1-17-14-19-15-20(25)16-23(24(19)30(17)18(2)31)34(32,33)27-8-5-9-28-10-12-29(13-11-28)22-7-4-3-6-21(22)26/h3-4,6-7,15-17,27H,5,8-14H2,1-2H3. The average molecular weight is 553 g/mol. The van der Waals surface area contributed by atoms with Gasteiger partial charge in [-0.25, -0.2) is 17.5 Å². The Hall–Kier alpha value is -2.01. The smallest absolute Gasteiger partial charge is 0.242 e. The molecule has 7 nitrogen and oxygen atoms in total. The Labute approximate surface area is 209 Å². The largest absolute Gasteiger partial charge is 0.367 e. The number of sulfonamides is 1. The Balaban J connectivity index is 1.33. The lowest BCUT2D eigenvalue weighted by molar-refractivity contribution is -0.116. The first-order valence-corrected chi connectivity index (χ1v) is 13.8. The van der Waals surface area contributed by atoms with E-state index in [0.717, 1.165) is 38.3 Å². The summed E-state index contributed by atoms with van der Waals surface area (Å²) in [5.41, 5.74) is 1.97. The van der Waals surface area contributed by atoms with Crippen LogP contribution < -0.4 is 14.5 Å². The number of benzene rings is 2. The quantitative estimate of drug-likeness (QED) is 0.533. The van der Waals surface area contributed by atoms with Crippen molar-refractivity contribution in [2.45, 2.75) is 37.6 Å². The van der Waals surface area contributed by atoms with Crippen LogP contribution >= 0.6 is 15.9 Å². The number of piperazine rings is 1. The number of rotatable bonds is 7. The van der Waals surface area contributed by atoms with Gasteiger partial charge in [0.05, 0.1) is 11.4 Å². The van der Waals surface area contributed by atoms with Crippen LogP contribution in [0.15, 0.2) is 45.8 Å². The van der Waals surface area contributed by atoms with Gasteiger partial charge in [-0.05, 0) is 56.1 Å². The van der Waals surface area contributed by atoms with Crippen molar-refractivity contribution in [3.8, 4) is 0 Å². The molecule has 1 atom stereocenters. The Kier molecular flexibility index (Phi) is 7.61. The van der Waals surface area contributed by atoms with Gasteiger partial charge in [0.1, 0.15) is 10.7 Å². The first kappa shape index (κ1) is 25.1. The number of fused-ring (bicyclic) bond motifs is 1. The highest BCUT2D eigenvalue weighted by Gasteiger charge is 2.35. The molecule has 1 amide bonds. The minimum atomic E-state index is -3.79. The number of halogens is 2. The molecule has 0 saturated carbocycles. The van der Waals surface area contributed by atoms with E-state index in [9.17, 15) is 17.6 Å². The van der Waals surface area contributed by atoms with Gasteiger partial charge in [0.15, 0.2) is 0 Å². The molecule has 2 aliphatic rings. The minimum absolute atomic E-state index is 0.0845. The van der Waals surface area contributed by atoms with Crippen molar-refractivity contribution in [3.05, 3.63) is 52.3 Å². The molecule has 0 aromatic heterocycles. The number of carbonyl (C=O) groups is 1. The van der Waals surface area contributed by atoms with Crippen molar-refractivity contribution in [2.24, 2.45) is 0 Å². The molecular weight excluding hydrogens is 523 g/mol. The summed E-state index contributed by atoms with van der Waals surface area (Å²) in [6.45, 7) is 7.49. The molecule has 34 heavy (non-hydrogen) atoms. The summed E-state index contributed by atoms with van der Waals surface area (Å²) in [4.78, 5) is 18.2. The molecule has 4 rings (SSSR count). The second-order valence-corrected chi connectivity index (χ2v) is 11.5. The van der Waals surface area contributed by atoms with Crippen LogP contribution in [0.5, 0.6) is 0 Å². The van der Waals surface area contributed by atoms with Gasteiger partial charge in [-0.1, -0.05) is 28.1 Å². The van der Waals surface area contributed by atoms with Gasteiger partial charge < -0.3 is 9.80 Å².